The molecule has 0 aliphatic rings. The molecule has 0 aliphatic heterocycles. The molecule has 1 amide bonds. The number of nitrogens with two attached hydrogens (primary N) is 1. The fraction of sp³-hybridized carbons (Fsp3) is 0.222. The van der Waals surface area contributed by atoms with E-state index in [9.17, 15) is 4.79 Å². The van der Waals surface area contributed by atoms with Crippen LogP contribution in [0.5, 0.6) is 0 Å². The van der Waals surface area contributed by atoms with Crippen LogP contribution in [0, 0.1) is 0 Å². The predicted molar refractivity (Wildman–Crippen MR) is 53.6 cm³/mol. The summed E-state index contributed by atoms with van der Waals surface area (Å²) in [5.74, 6) is -0.439. The standard InChI is InChI=1S/C7H7NOS.C2H6/c8-7(9)5-3-1-2-4-6(5)10;1-2/h1-4,10H,(H2,8,9);1-2H3. The third-order valence-electron chi connectivity index (χ3n) is 1.17. The molecule has 1 rings (SSSR count). The molecule has 2 N–H and O–H groups in total. The van der Waals surface area contributed by atoms with Crippen molar-refractivity contribution < 1.29 is 4.79 Å². The zero-order chi connectivity index (χ0) is 9.56. The van der Waals surface area contributed by atoms with Crippen LogP contribution in [0.25, 0.3) is 0 Å². The first-order chi connectivity index (χ1) is 5.72. The zero-order valence-electron chi connectivity index (χ0n) is 7.24. The number of carbonyl (C=O) groups excluding carboxylic acids is 1. The molecule has 0 unspecified atom stereocenters. The first-order valence-electron chi connectivity index (χ1n) is 3.79. The number of amides is 1. The first-order valence-corrected chi connectivity index (χ1v) is 4.24. The summed E-state index contributed by atoms with van der Waals surface area (Å²) in [7, 11) is 0. The van der Waals surface area contributed by atoms with Gasteiger partial charge in [0.15, 0.2) is 0 Å². The summed E-state index contributed by atoms with van der Waals surface area (Å²) < 4.78 is 0. The van der Waals surface area contributed by atoms with E-state index in [2.05, 4.69) is 12.6 Å². The Morgan fingerprint density at radius 2 is 1.83 bits per heavy atom. The highest BCUT2D eigenvalue weighted by Gasteiger charge is 2.01. The Morgan fingerprint density at radius 1 is 1.33 bits per heavy atom. The van der Waals surface area contributed by atoms with E-state index in [-0.39, 0.29) is 0 Å². The lowest BCUT2D eigenvalue weighted by Gasteiger charge is -1.96. The van der Waals surface area contributed by atoms with Crippen LogP contribution in [0.4, 0.5) is 0 Å². The van der Waals surface area contributed by atoms with E-state index in [1.165, 1.54) is 0 Å². The van der Waals surface area contributed by atoms with Crippen molar-refractivity contribution >= 4 is 18.5 Å². The molecule has 1 aromatic carbocycles. The third kappa shape index (κ3) is 2.96. The van der Waals surface area contributed by atoms with Crippen molar-refractivity contribution in [2.45, 2.75) is 18.7 Å². The molecule has 0 aromatic heterocycles. The second-order valence-corrected chi connectivity index (χ2v) is 2.36. The molecule has 1 aromatic rings. The van der Waals surface area contributed by atoms with Crippen LogP contribution in [0.15, 0.2) is 29.2 Å². The number of benzene rings is 1. The Morgan fingerprint density at radius 3 is 2.17 bits per heavy atom. The monoisotopic (exact) mass is 183 g/mol. The van der Waals surface area contributed by atoms with Crippen molar-refractivity contribution in [1.82, 2.24) is 0 Å². The van der Waals surface area contributed by atoms with Gasteiger partial charge in [-0.2, -0.15) is 0 Å². The number of hydrogen-bond donors (Lipinski definition) is 2. The lowest BCUT2D eigenvalue weighted by atomic mass is 10.2. The van der Waals surface area contributed by atoms with E-state index in [0.29, 0.717) is 10.5 Å². The molecule has 66 valence electrons. The largest absolute Gasteiger partial charge is 0.366 e. The lowest BCUT2D eigenvalue weighted by Crippen LogP contribution is -2.11. The van der Waals surface area contributed by atoms with Crippen molar-refractivity contribution in [1.29, 1.82) is 0 Å². The molecule has 3 heteroatoms. The van der Waals surface area contributed by atoms with Gasteiger partial charge in [-0.15, -0.1) is 12.6 Å². The third-order valence-corrected chi connectivity index (χ3v) is 1.56. The highest BCUT2D eigenvalue weighted by molar-refractivity contribution is 7.80. The fourth-order valence-electron chi connectivity index (χ4n) is 0.682. The molecule has 0 saturated heterocycles. The minimum atomic E-state index is -0.439. The van der Waals surface area contributed by atoms with Gasteiger partial charge >= 0.3 is 0 Å². The summed E-state index contributed by atoms with van der Waals surface area (Å²) in [5, 5.41) is 0. The Kier molecular flexibility index (Phi) is 5.21. The number of thiol groups is 1. The maximum atomic E-state index is 10.6. The van der Waals surface area contributed by atoms with Gasteiger partial charge in [0.25, 0.3) is 0 Å². The summed E-state index contributed by atoms with van der Waals surface area (Å²) in [6.45, 7) is 4.00. The van der Waals surface area contributed by atoms with Crippen molar-refractivity contribution in [2.75, 3.05) is 0 Å². The fourth-order valence-corrected chi connectivity index (χ4v) is 0.953. The van der Waals surface area contributed by atoms with Gasteiger partial charge in [-0.3, -0.25) is 4.79 Å². The Labute approximate surface area is 78.2 Å². The van der Waals surface area contributed by atoms with Gasteiger partial charge in [-0.25, -0.2) is 0 Å². The van der Waals surface area contributed by atoms with E-state index in [4.69, 9.17) is 5.73 Å². The SMILES string of the molecule is CC.NC(=O)c1ccccc1S. The van der Waals surface area contributed by atoms with Crippen molar-refractivity contribution in [3.05, 3.63) is 29.8 Å². The molecule has 0 radical (unpaired) electrons. The number of primary amides is 1. The van der Waals surface area contributed by atoms with Crippen LogP contribution in [-0.4, -0.2) is 5.91 Å². The molecule has 0 saturated carbocycles. The molecule has 0 aliphatic carbocycles. The van der Waals surface area contributed by atoms with Crippen LogP contribution in [0.1, 0.15) is 24.2 Å². The first kappa shape index (κ1) is 11.0. The molecule has 0 heterocycles. The highest BCUT2D eigenvalue weighted by atomic mass is 32.1. The predicted octanol–water partition coefficient (Wildman–Crippen LogP) is 2.10. The van der Waals surface area contributed by atoms with Gasteiger partial charge in [0.1, 0.15) is 0 Å². The van der Waals surface area contributed by atoms with Gasteiger partial charge in [0.2, 0.25) is 5.91 Å². The van der Waals surface area contributed by atoms with E-state index in [0.717, 1.165) is 0 Å². The van der Waals surface area contributed by atoms with E-state index >= 15 is 0 Å². The van der Waals surface area contributed by atoms with Gasteiger partial charge in [0.05, 0.1) is 5.56 Å². The normalized spacial score (nSPS) is 8.25. The highest BCUT2D eigenvalue weighted by Crippen LogP contribution is 2.10. The number of hydrogen-bond acceptors (Lipinski definition) is 2. The summed E-state index contributed by atoms with van der Waals surface area (Å²) in [5.41, 5.74) is 5.49. The zero-order valence-corrected chi connectivity index (χ0v) is 8.14. The summed E-state index contributed by atoms with van der Waals surface area (Å²) in [6, 6.07) is 6.92. The average molecular weight is 183 g/mol. The number of rotatable bonds is 1. The lowest BCUT2D eigenvalue weighted by molar-refractivity contribution is 0.0997. The van der Waals surface area contributed by atoms with E-state index in [1.807, 2.05) is 13.8 Å². The van der Waals surface area contributed by atoms with Crippen LogP contribution in [0.2, 0.25) is 0 Å². The van der Waals surface area contributed by atoms with Gasteiger partial charge in [0, 0.05) is 4.90 Å². The quantitative estimate of drug-likeness (QED) is 0.643. The van der Waals surface area contributed by atoms with Gasteiger partial charge in [-0.05, 0) is 12.1 Å². The molecule has 0 fully saturated rings. The minimum Gasteiger partial charge on any atom is -0.366 e. The van der Waals surface area contributed by atoms with Gasteiger partial charge < -0.3 is 5.73 Å². The minimum absolute atomic E-state index is 0.439. The summed E-state index contributed by atoms with van der Waals surface area (Å²) >= 11 is 4.04. The molecule has 12 heavy (non-hydrogen) atoms. The van der Waals surface area contributed by atoms with Crippen LogP contribution >= 0.6 is 12.6 Å². The topological polar surface area (TPSA) is 43.1 Å². The Balaban J connectivity index is 0.000000561. The van der Waals surface area contributed by atoms with Crippen LogP contribution < -0.4 is 5.73 Å². The second kappa shape index (κ2) is 5.66. The van der Waals surface area contributed by atoms with Crippen molar-refractivity contribution in [3.63, 3.8) is 0 Å². The summed E-state index contributed by atoms with van der Waals surface area (Å²) in [4.78, 5) is 11.2. The molecular formula is C9H13NOS. The maximum absolute atomic E-state index is 10.6. The second-order valence-electron chi connectivity index (χ2n) is 1.88. The van der Waals surface area contributed by atoms with Crippen LogP contribution in [0.3, 0.4) is 0 Å². The van der Waals surface area contributed by atoms with Crippen LogP contribution in [-0.2, 0) is 0 Å². The Hall–Kier alpha value is -0.960. The molecule has 2 nitrogen and oxygen atoms in total. The summed E-state index contributed by atoms with van der Waals surface area (Å²) in [6.07, 6.45) is 0. The number of carbonyl (C=O) groups is 1. The molecular weight excluding hydrogens is 170 g/mol. The molecule has 0 bridgehead atoms. The van der Waals surface area contributed by atoms with Crippen molar-refractivity contribution in [3.8, 4) is 0 Å². The average Bonchev–Trinajstić information content (AvgIpc) is 2.08. The van der Waals surface area contributed by atoms with Crippen molar-refractivity contribution in [2.24, 2.45) is 5.73 Å². The smallest absolute Gasteiger partial charge is 0.249 e. The Bertz CT molecular complexity index is 260. The van der Waals surface area contributed by atoms with Gasteiger partial charge in [-0.1, -0.05) is 26.0 Å². The molecule has 0 spiro atoms. The molecule has 0 atom stereocenters. The van der Waals surface area contributed by atoms with E-state index < -0.39 is 5.91 Å². The van der Waals surface area contributed by atoms with E-state index in [1.54, 1.807) is 24.3 Å². The maximum Gasteiger partial charge on any atom is 0.249 e.